The Hall–Kier alpha value is -2.93. The predicted molar refractivity (Wildman–Crippen MR) is 116 cm³/mol. The van der Waals surface area contributed by atoms with Crippen LogP contribution in [0.2, 0.25) is 0 Å². The number of carbonyl (C=O) groups excluding carboxylic acids is 2. The summed E-state index contributed by atoms with van der Waals surface area (Å²) >= 11 is 0. The van der Waals surface area contributed by atoms with Crippen LogP contribution >= 0.6 is 0 Å². The standard InChI is InChI=1S/C23H30FN3O3/c1-23(2,3)30-22(29)25-20-8-6-7-18(15-20)21(28)27(14-13-26(4)5)16-17-9-11-19(24)12-10-17/h6-12,15H,13-14,16H2,1-5H3,(H,25,29). The van der Waals surface area contributed by atoms with Gasteiger partial charge in [-0.05, 0) is 70.8 Å². The van der Waals surface area contributed by atoms with Gasteiger partial charge in [0, 0.05) is 30.9 Å². The molecular weight excluding hydrogens is 385 g/mol. The summed E-state index contributed by atoms with van der Waals surface area (Å²) in [5.74, 6) is -0.486. The van der Waals surface area contributed by atoms with Gasteiger partial charge >= 0.3 is 6.09 Å². The van der Waals surface area contributed by atoms with Gasteiger partial charge in [0.15, 0.2) is 0 Å². The molecule has 2 aromatic carbocycles. The molecule has 162 valence electrons. The molecule has 7 heteroatoms. The van der Waals surface area contributed by atoms with E-state index in [1.54, 1.807) is 62.1 Å². The van der Waals surface area contributed by atoms with E-state index in [0.29, 0.717) is 30.9 Å². The molecule has 30 heavy (non-hydrogen) atoms. The third-order valence-corrected chi connectivity index (χ3v) is 4.15. The van der Waals surface area contributed by atoms with Crippen molar-refractivity contribution < 1.29 is 18.7 Å². The van der Waals surface area contributed by atoms with Crippen molar-refractivity contribution >= 4 is 17.7 Å². The van der Waals surface area contributed by atoms with Gasteiger partial charge in [-0.25, -0.2) is 9.18 Å². The molecule has 0 saturated carbocycles. The monoisotopic (exact) mass is 415 g/mol. The lowest BCUT2D eigenvalue weighted by Gasteiger charge is -2.25. The third kappa shape index (κ3) is 7.83. The lowest BCUT2D eigenvalue weighted by atomic mass is 10.1. The number of nitrogens with zero attached hydrogens (tertiary/aromatic N) is 2. The van der Waals surface area contributed by atoms with Crippen LogP contribution in [0, 0.1) is 5.82 Å². The van der Waals surface area contributed by atoms with Crippen LogP contribution in [-0.4, -0.2) is 54.6 Å². The number of hydrogen-bond donors (Lipinski definition) is 1. The number of likely N-dealkylation sites (N-methyl/N-ethyl adjacent to an activating group) is 1. The Balaban J connectivity index is 2.17. The number of amides is 2. The zero-order chi connectivity index (χ0) is 22.3. The number of anilines is 1. The Morgan fingerprint density at radius 1 is 1.03 bits per heavy atom. The van der Waals surface area contributed by atoms with Crippen molar-refractivity contribution in [2.24, 2.45) is 0 Å². The molecule has 1 N–H and O–H groups in total. The highest BCUT2D eigenvalue weighted by Gasteiger charge is 2.19. The van der Waals surface area contributed by atoms with Crippen LogP contribution in [0.5, 0.6) is 0 Å². The van der Waals surface area contributed by atoms with Gasteiger partial charge in [0.2, 0.25) is 0 Å². The van der Waals surface area contributed by atoms with Gasteiger partial charge in [-0.1, -0.05) is 18.2 Å². The molecule has 0 unspecified atom stereocenters. The largest absolute Gasteiger partial charge is 0.444 e. The van der Waals surface area contributed by atoms with Crippen molar-refractivity contribution in [1.82, 2.24) is 9.80 Å². The molecule has 0 heterocycles. The van der Waals surface area contributed by atoms with E-state index in [1.807, 2.05) is 19.0 Å². The third-order valence-electron chi connectivity index (χ3n) is 4.15. The fourth-order valence-corrected chi connectivity index (χ4v) is 2.72. The molecule has 2 amide bonds. The molecule has 2 rings (SSSR count). The van der Waals surface area contributed by atoms with Crippen LogP contribution in [0.4, 0.5) is 14.9 Å². The van der Waals surface area contributed by atoms with E-state index in [1.165, 1.54) is 12.1 Å². The number of nitrogens with one attached hydrogen (secondary N) is 1. The number of rotatable bonds is 7. The van der Waals surface area contributed by atoms with E-state index < -0.39 is 11.7 Å². The van der Waals surface area contributed by atoms with Crippen LogP contribution in [0.25, 0.3) is 0 Å². The maximum absolute atomic E-state index is 13.2. The summed E-state index contributed by atoms with van der Waals surface area (Å²) in [5, 5.41) is 2.66. The first-order valence-corrected chi connectivity index (χ1v) is 9.82. The van der Waals surface area contributed by atoms with E-state index in [2.05, 4.69) is 5.32 Å². The minimum absolute atomic E-state index is 0.172. The molecule has 2 aromatic rings. The van der Waals surface area contributed by atoms with Crippen LogP contribution in [0.15, 0.2) is 48.5 Å². The fourth-order valence-electron chi connectivity index (χ4n) is 2.72. The Morgan fingerprint density at radius 2 is 1.70 bits per heavy atom. The van der Waals surface area contributed by atoms with Gasteiger partial charge < -0.3 is 14.5 Å². The summed E-state index contributed by atoms with van der Waals surface area (Å²) in [7, 11) is 3.87. The van der Waals surface area contributed by atoms with E-state index in [0.717, 1.165) is 5.56 Å². The molecule has 0 saturated heterocycles. The number of ether oxygens (including phenoxy) is 1. The van der Waals surface area contributed by atoms with Crippen LogP contribution < -0.4 is 5.32 Å². The van der Waals surface area contributed by atoms with Gasteiger partial charge in [0.05, 0.1) is 0 Å². The number of halogens is 1. The first-order chi connectivity index (χ1) is 14.0. The highest BCUT2D eigenvalue weighted by molar-refractivity contribution is 5.96. The molecule has 0 fully saturated rings. The maximum Gasteiger partial charge on any atom is 0.412 e. The Morgan fingerprint density at radius 3 is 2.30 bits per heavy atom. The second kappa shape index (κ2) is 10.2. The Labute approximate surface area is 177 Å². The van der Waals surface area contributed by atoms with E-state index in [9.17, 15) is 14.0 Å². The van der Waals surface area contributed by atoms with Crippen molar-refractivity contribution in [3.8, 4) is 0 Å². The summed E-state index contributed by atoms with van der Waals surface area (Å²) in [6, 6.07) is 12.9. The average Bonchev–Trinajstić information content (AvgIpc) is 2.64. The second-order valence-corrected chi connectivity index (χ2v) is 8.36. The summed E-state index contributed by atoms with van der Waals surface area (Å²) in [4.78, 5) is 28.9. The Bertz CT molecular complexity index is 861. The maximum atomic E-state index is 13.2. The normalized spacial score (nSPS) is 11.3. The molecule has 0 bridgehead atoms. The quantitative estimate of drug-likeness (QED) is 0.729. The van der Waals surface area contributed by atoms with Gasteiger partial charge in [-0.15, -0.1) is 0 Å². The summed E-state index contributed by atoms with van der Waals surface area (Å²) in [6.07, 6.45) is -0.581. The first-order valence-electron chi connectivity index (χ1n) is 9.82. The van der Waals surface area contributed by atoms with E-state index in [4.69, 9.17) is 4.74 Å². The zero-order valence-electron chi connectivity index (χ0n) is 18.2. The highest BCUT2D eigenvalue weighted by Crippen LogP contribution is 2.17. The van der Waals surface area contributed by atoms with Gasteiger partial charge in [-0.3, -0.25) is 10.1 Å². The molecule has 0 aliphatic heterocycles. The lowest BCUT2D eigenvalue weighted by Crippen LogP contribution is -2.36. The first kappa shape index (κ1) is 23.3. The molecule has 0 aliphatic rings. The van der Waals surface area contributed by atoms with Crippen molar-refractivity contribution in [2.45, 2.75) is 32.9 Å². The SMILES string of the molecule is CN(C)CCN(Cc1ccc(F)cc1)C(=O)c1cccc(NC(=O)OC(C)(C)C)c1. The number of hydrogen-bond acceptors (Lipinski definition) is 4. The van der Waals surface area contributed by atoms with Crippen LogP contribution in [0.3, 0.4) is 0 Å². The van der Waals surface area contributed by atoms with Crippen molar-refractivity contribution in [2.75, 3.05) is 32.5 Å². The molecule has 0 atom stereocenters. The number of benzene rings is 2. The summed E-state index contributed by atoms with van der Waals surface area (Å²) in [5.41, 5.74) is 1.15. The van der Waals surface area contributed by atoms with Gasteiger partial charge in [0.1, 0.15) is 11.4 Å². The predicted octanol–water partition coefficient (Wildman–Crippen LogP) is 4.38. The minimum atomic E-state index is -0.615. The zero-order valence-corrected chi connectivity index (χ0v) is 18.2. The Kier molecular flexibility index (Phi) is 7.94. The molecule has 0 spiro atoms. The van der Waals surface area contributed by atoms with E-state index in [-0.39, 0.29) is 11.7 Å². The second-order valence-electron chi connectivity index (χ2n) is 8.36. The summed E-state index contributed by atoms with van der Waals surface area (Å²) in [6.45, 7) is 6.90. The minimum Gasteiger partial charge on any atom is -0.444 e. The van der Waals surface area contributed by atoms with Crippen molar-refractivity contribution in [3.05, 3.63) is 65.5 Å². The van der Waals surface area contributed by atoms with E-state index >= 15 is 0 Å². The smallest absolute Gasteiger partial charge is 0.412 e. The van der Waals surface area contributed by atoms with Crippen LogP contribution in [-0.2, 0) is 11.3 Å². The molecule has 0 aromatic heterocycles. The molecule has 0 radical (unpaired) electrons. The van der Waals surface area contributed by atoms with Gasteiger partial charge in [0.25, 0.3) is 5.91 Å². The topological polar surface area (TPSA) is 61.9 Å². The molecular formula is C23H30FN3O3. The summed E-state index contributed by atoms with van der Waals surface area (Å²) < 4.78 is 18.5. The van der Waals surface area contributed by atoms with Gasteiger partial charge in [-0.2, -0.15) is 0 Å². The number of carbonyl (C=O) groups is 2. The highest BCUT2D eigenvalue weighted by atomic mass is 19.1. The van der Waals surface area contributed by atoms with Crippen molar-refractivity contribution in [3.63, 3.8) is 0 Å². The average molecular weight is 416 g/mol. The molecule has 6 nitrogen and oxygen atoms in total. The fraction of sp³-hybridized carbons (Fsp3) is 0.391. The van der Waals surface area contributed by atoms with Crippen molar-refractivity contribution in [1.29, 1.82) is 0 Å². The lowest BCUT2D eigenvalue weighted by molar-refractivity contribution is 0.0634. The van der Waals surface area contributed by atoms with Crippen LogP contribution in [0.1, 0.15) is 36.7 Å². The molecule has 0 aliphatic carbocycles.